The summed E-state index contributed by atoms with van der Waals surface area (Å²) in [6.45, 7) is 6.70. The number of hydrogen-bond acceptors (Lipinski definition) is 4. The normalized spacial score (nSPS) is 12.9. The summed E-state index contributed by atoms with van der Waals surface area (Å²) in [4.78, 5) is 28.4. The van der Waals surface area contributed by atoms with E-state index in [2.05, 4.69) is 5.32 Å². The molecular formula is C29H33Cl2N3O4S. The Bertz CT molecular complexity index is 1420. The van der Waals surface area contributed by atoms with Crippen molar-refractivity contribution in [3.8, 4) is 0 Å². The van der Waals surface area contributed by atoms with E-state index in [4.69, 9.17) is 23.2 Å². The molecule has 0 saturated heterocycles. The van der Waals surface area contributed by atoms with Gasteiger partial charge in [-0.25, -0.2) is 8.42 Å². The molecule has 1 N–H and O–H groups in total. The van der Waals surface area contributed by atoms with E-state index in [9.17, 15) is 18.0 Å². The number of nitrogens with zero attached hydrogens (tertiary/aromatic N) is 2. The van der Waals surface area contributed by atoms with Crippen molar-refractivity contribution in [2.45, 2.75) is 57.6 Å². The largest absolute Gasteiger partial charge is 0.352 e. The van der Waals surface area contributed by atoms with Crippen LogP contribution in [0.25, 0.3) is 0 Å². The van der Waals surface area contributed by atoms with E-state index in [-0.39, 0.29) is 29.1 Å². The maximum Gasteiger partial charge on any atom is 0.264 e. The standard InChI is InChI=1S/C29H33Cl2N3O4S/c1-5-21(3)32-29(36)22(4)33(18-23-11-9-10-14-26(23)30)28(35)19-34(24-16-15-20(2)27(31)17-24)39(37,38)25-12-7-6-8-13-25/h6-17,21-22H,5,18-19H2,1-4H3,(H,32,36)/t21-,22-/m0/s1. The molecule has 39 heavy (non-hydrogen) atoms. The van der Waals surface area contributed by atoms with Crippen LogP contribution in [0, 0.1) is 6.92 Å². The molecular weight excluding hydrogens is 557 g/mol. The van der Waals surface area contributed by atoms with Gasteiger partial charge >= 0.3 is 0 Å². The molecule has 0 aliphatic heterocycles. The third kappa shape index (κ3) is 7.53. The second-order valence-corrected chi connectivity index (χ2v) is 12.0. The van der Waals surface area contributed by atoms with Crippen LogP contribution in [-0.4, -0.2) is 43.8 Å². The first-order chi connectivity index (χ1) is 18.4. The number of carbonyl (C=O) groups is 2. The molecule has 208 valence electrons. The van der Waals surface area contributed by atoms with E-state index in [0.29, 0.717) is 22.0 Å². The van der Waals surface area contributed by atoms with Crippen LogP contribution in [0.2, 0.25) is 10.0 Å². The number of rotatable bonds is 11. The number of halogens is 2. The number of aryl methyl sites for hydroxylation is 1. The predicted octanol–water partition coefficient (Wildman–Crippen LogP) is 5.83. The molecule has 0 spiro atoms. The number of sulfonamides is 1. The van der Waals surface area contributed by atoms with Crippen LogP contribution in [0.4, 0.5) is 5.69 Å². The number of nitrogens with one attached hydrogen (secondary N) is 1. The molecule has 0 heterocycles. The van der Waals surface area contributed by atoms with Gasteiger partial charge in [0.15, 0.2) is 0 Å². The second-order valence-electron chi connectivity index (χ2n) is 9.37. The number of anilines is 1. The van der Waals surface area contributed by atoms with E-state index < -0.39 is 28.5 Å². The van der Waals surface area contributed by atoms with Crippen molar-refractivity contribution in [1.29, 1.82) is 0 Å². The smallest absolute Gasteiger partial charge is 0.264 e. The summed E-state index contributed by atoms with van der Waals surface area (Å²) >= 11 is 12.7. The zero-order valence-electron chi connectivity index (χ0n) is 22.4. The molecule has 0 aromatic heterocycles. The quantitative estimate of drug-likeness (QED) is 0.305. The Hall–Kier alpha value is -3.07. The van der Waals surface area contributed by atoms with Crippen LogP contribution in [-0.2, 0) is 26.2 Å². The van der Waals surface area contributed by atoms with E-state index in [1.807, 2.05) is 13.8 Å². The molecule has 3 aromatic carbocycles. The third-order valence-corrected chi connectivity index (χ3v) is 9.08. The van der Waals surface area contributed by atoms with Crippen LogP contribution in [0.5, 0.6) is 0 Å². The van der Waals surface area contributed by atoms with Crippen LogP contribution in [0.3, 0.4) is 0 Å². The zero-order valence-corrected chi connectivity index (χ0v) is 24.7. The molecule has 0 aliphatic rings. The van der Waals surface area contributed by atoms with Crippen molar-refractivity contribution in [2.75, 3.05) is 10.8 Å². The fourth-order valence-electron chi connectivity index (χ4n) is 3.84. The van der Waals surface area contributed by atoms with Gasteiger partial charge in [0.05, 0.1) is 10.6 Å². The van der Waals surface area contributed by atoms with Crippen LogP contribution in [0.1, 0.15) is 38.3 Å². The molecule has 0 bridgehead atoms. The van der Waals surface area contributed by atoms with E-state index in [1.54, 1.807) is 68.4 Å². The van der Waals surface area contributed by atoms with Crippen LogP contribution >= 0.6 is 23.2 Å². The van der Waals surface area contributed by atoms with Gasteiger partial charge in [-0.1, -0.05) is 72.6 Å². The lowest BCUT2D eigenvalue weighted by molar-refractivity contribution is -0.139. The molecule has 0 unspecified atom stereocenters. The summed E-state index contributed by atoms with van der Waals surface area (Å²) in [7, 11) is -4.16. The minimum Gasteiger partial charge on any atom is -0.352 e. The van der Waals surface area contributed by atoms with Gasteiger partial charge in [0.1, 0.15) is 12.6 Å². The molecule has 3 aromatic rings. The molecule has 0 radical (unpaired) electrons. The summed E-state index contributed by atoms with van der Waals surface area (Å²) in [5, 5.41) is 3.70. The summed E-state index contributed by atoms with van der Waals surface area (Å²) in [5.74, 6) is -0.918. The van der Waals surface area contributed by atoms with Gasteiger partial charge < -0.3 is 10.2 Å². The summed E-state index contributed by atoms with van der Waals surface area (Å²) in [6.07, 6.45) is 0.716. The Balaban J connectivity index is 2.05. The van der Waals surface area contributed by atoms with Gasteiger partial charge in [0.25, 0.3) is 10.0 Å². The highest BCUT2D eigenvalue weighted by atomic mass is 35.5. The minimum atomic E-state index is -4.16. The number of hydrogen-bond donors (Lipinski definition) is 1. The van der Waals surface area contributed by atoms with Gasteiger partial charge in [-0.2, -0.15) is 0 Å². The van der Waals surface area contributed by atoms with Crippen molar-refractivity contribution >= 4 is 50.7 Å². The maximum atomic E-state index is 13.9. The molecule has 2 atom stereocenters. The van der Waals surface area contributed by atoms with Gasteiger partial charge in [0, 0.05) is 22.6 Å². The topological polar surface area (TPSA) is 86.8 Å². The number of benzene rings is 3. The first-order valence-electron chi connectivity index (χ1n) is 12.6. The average Bonchev–Trinajstić information content (AvgIpc) is 2.92. The lowest BCUT2D eigenvalue weighted by Crippen LogP contribution is -2.52. The van der Waals surface area contributed by atoms with Gasteiger partial charge in [-0.15, -0.1) is 0 Å². The zero-order chi connectivity index (χ0) is 28.7. The van der Waals surface area contributed by atoms with Gasteiger partial charge in [-0.05, 0) is 68.7 Å². The molecule has 7 nitrogen and oxygen atoms in total. The van der Waals surface area contributed by atoms with Crippen molar-refractivity contribution in [1.82, 2.24) is 10.2 Å². The van der Waals surface area contributed by atoms with Crippen molar-refractivity contribution in [3.05, 3.63) is 94.0 Å². The molecule has 0 fully saturated rings. The SMILES string of the molecule is CC[C@H](C)NC(=O)[C@H](C)N(Cc1ccccc1Cl)C(=O)CN(c1ccc(C)c(Cl)c1)S(=O)(=O)c1ccccc1. The Morgan fingerprint density at radius 2 is 1.56 bits per heavy atom. The highest BCUT2D eigenvalue weighted by Crippen LogP contribution is 2.29. The fraction of sp³-hybridized carbons (Fsp3) is 0.310. The first kappa shape index (κ1) is 30.5. The molecule has 0 aliphatic carbocycles. The fourth-order valence-corrected chi connectivity index (χ4v) is 5.64. The number of carbonyl (C=O) groups excluding carboxylic acids is 2. The average molecular weight is 591 g/mol. The summed E-state index contributed by atoms with van der Waals surface area (Å²) < 4.78 is 28.6. The monoisotopic (exact) mass is 589 g/mol. The third-order valence-electron chi connectivity index (χ3n) is 6.52. The van der Waals surface area contributed by atoms with Gasteiger partial charge in [0.2, 0.25) is 11.8 Å². The minimum absolute atomic E-state index is 0.0154. The molecule has 0 saturated carbocycles. The van der Waals surface area contributed by atoms with Crippen molar-refractivity contribution in [2.24, 2.45) is 0 Å². The second kappa shape index (κ2) is 13.3. The molecule has 3 rings (SSSR count). The highest BCUT2D eigenvalue weighted by Gasteiger charge is 2.33. The van der Waals surface area contributed by atoms with E-state index >= 15 is 0 Å². The van der Waals surface area contributed by atoms with E-state index in [1.165, 1.54) is 23.1 Å². The van der Waals surface area contributed by atoms with Crippen molar-refractivity contribution < 1.29 is 18.0 Å². The molecule has 10 heteroatoms. The first-order valence-corrected chi connectivity index (χ1v) is 14.8. The highest BCUT2D eigenvalue weighted by molar-refractivity contribution is 7.92. The molecule has 2 amide bonds. The van der Waals surface area contributed by atoms with Gasteiger partial charge in [-0.3, -0.25) is 13.9 Å². The summed E-state index contributed by atoms with van der Waals surface area (Å²) in [5.41, 5.74) is 1.63. The lowest BCUT2D eigenvalue weighted by atomic mass is 10.1. The maximum absolute atomic E-state index is 13.9. The van der Waals surface area contributed by atoms with Crippen LogP contribution in [0.15, 0.2) is 77.7 Å². The Morgan fingerprint density at radius 1 is 0.923 bits per heavy atom. The Labute approximate surface area is 240 Å². The van der Waals surface area contributed by atoms with Crippen LogP contribution < -0.4 is 9.62 Å². The Morgan fingerprint density at radius 3 is 2.18 bits per heavy atom. The Kier molecular flexibility index (Phi) is 10.4. The lowest BCUT2D eigenvalue weighted by Gasteiger charge is -2.32. The number of amides is 2. The van der Waals surface area contributed by atoms with E-state index in [0.717, 1.165) is 9.87 Å². The predicted molar refractivity (Wildman–Crippen MR) is 157 cm³/mol. The summed E-state index contributed by atoms with van der Waals surface area (Å²) in [6, 6.07) is 18.7. The van der Waals surface area contributed by atoms with Crippen molar-refractivity contribution in [3.63, 3.8) is 0 Å².